The normalized spacial score (nSPS) is 13.4. The molecule has 0 saturated heterocycles. The number of hydrogen-bond donors (Lipinski definition) is 0. The van der Waals surface area contributed by atoms with Crippen molar-refractivity contribution < 1.29 is 0 Å². The van der Waals surface area contributed by atoms with Crippen LogP contribution in [0.1, 0.15) is 44.9 Å². The highest BCUT2D eigenvalue weighted by molar-refractivity contribution is 5.95. The lowest BCUT2D eigenvalue weighted by Crippen LogP contribution is -2.10. The highest BCUT2D eigenvalue weighted by Gasteiger charge is 2.18. The zero-order chi connectivity index (χ0) is 31.3. The summed E-state index contributed by atoms with van der Waals surface area (Å²) >= 11 is 0. The molecule has 46 heavy (non-hydrogen) atoms. The smallest absolute Gasteiger partial charge is 0.0541 e. The van der Waals surface area contributed by atoms with E-state index in [1.54, 1.807) is 0 Å². The standard InChI is InChI=1S/C44H38N2/c1-44(2,3)37-22-24-39(25-23-37)46-41(31-13-7-4-8-14-31)29-35-20-19-34(28-43(35)46)33-21-26-40-36(27-33)30-42(32-15-9-5-10-16-32)45(40)38-17-11-6-12-18-38/h4,6-9,11-30H,5,10H2,1-3H3. The molecule has 2 heterocycles. The van der Waals surface area contributed by atoms with Crippen LogP contribution < -0.4 is 0 Å². The molecule has 0 fully saturated rings. The van der Waals surface area contributed by atoms with Crippen LogP contribution in [-0.4, -0.2) is 9.13 Å². The van der Waals surface area contributed by atoms with E-state index in [1.807, 2.05) is 0 Å². The average molecular weight is 595 g/mol. The van der Waals surface area contributed by atoms with Gasteiger partial charge >= 0.3 is 0 Å². The van der Waals surface area contributed by atoms with E-state index in [9.17, 15) is 0 Å². The average Bonchev–Trinajstić information content (AvgIpc) is 3.67. The monoisotopic (exact) mass is 594 g/mol. The van der Waals surface area contributed by atoms with Crippen molar-refractivity contribution in [2.45, 2.75) is 39.0 Å². The van der Waals surface area contributed by atoms with Gasteiger partial charge in [-0.15, -0.1) is 0 Å². The van der Waals surface area contributed by atoms with Crippen LogP contribution in [0.3, 0.4) is 0 Å². The Balaban J connectivity index is 1.29. The Hall–Kier alpha value is -5.34. The lowest BCUT2D eigenvalue weighted by Gasteiger charge is -2.20. The summed E-state index contributed by atoms with van der Waals surface area (Å²) in [6, 6.07) is 49.1. The van der Waals surface area contributed by atoms with Crippen LogP contribution in [0.4, 0.5) is 0 Å². The Morgan fingerprint density at radius 3 is 1.87 bits per heavy atom. The topological polar surface area (TPSA) is 9.86 Å². The summed E-state index contributed by atoms with van der Waals surface area (Å²) < 4.78 is 4.83. The molecule has 7 aromatic rings. The van der Waals surface area contributed by atoms with Crippen LogP contribution in [0.15, 0.2) is 152 Å². The minimum absolute atomic E-state index is 0.106. The van der Waals surface area contributed by atoms with Crippen LogP contribution in [-0.2, 0) is 5.41 Å². The predicted octanol–water partition coefficient (Wildman–Crippen LogP) is 11.9. The molecular weight excluding hydrogens is 556 g/mol. The van der Waals surface area contributed by atoms with Gasteiger partial charge in [-0.25, -0.2) is 0 Å². The second-order valence-electron chi connectivity index (χ2n) is 13.4. The van der Waals surface area contributed by atoms with Crippen molar-refractivity contribution in [2.75, 3.05) is 0 Å². The van der Waals surface area contributed by atoms with Crippen molar-refractivity contribution in [3.05, 3.63) is 163 Å². The minimum atomic E-state index is 0.106. The maximum atomic E-state index is 2.42. The summed E-state index contributed by atoms with van der Waals surface area (Å²) in [4.78, 5) is 0. The second-order valence-corrected chi connectivity index (χ2v) is 13.4. The summed E-state index contributed by atoms with van der Waals surface area (Å²) in [7, 11) is 0. The lowest BCUT2D eigenvalue weighted by molar-refractivity contribution is 0.590. The van der Waals surface area contributed by atoms with E-state index in [1.165, 1.54) is 72.4 Å². The summed E-state index contributed by atoms with van der Waals surface area (Å²) in [6.45, 7) is 6.81. The first-order valence-corrected chi connectivity index (χ1v) is 16.3. The van der Waals surface area contributed by atoms with Gasteiger partial charge in [-0.1, -0.05) is 118 Å². The zero-order valence-corrected chi connectivity index (χ0v) is 26.7. The first-order chi connectivity index (χ1) is 22.4. The van der Waals surface area contributed by atoms with Crippen molar-refractivity contribution in [1.82, 2.24) is 9.13 Å². The predicted molar refractivity (Wildman–Crippen MR) is 196 cm³/mol. The van der Waals surface area contributed by atoms with Gasteiger partial charge in [0.1, 0.15) is 0 Å². The number of fused-ring (bicyclic) bond motifs is 2. The van der Waals surface area contributed by atoms with Gasteiger partial charge in [0.2, 0.25) is 0 Å². The highest BCUT2D eigenvalue weighted by Crippen LogP contribution is 2.37. The molecule has 0 N–H and O–H groups in total. The summed E-state index contributed by atoms with van der Waals surface area (Å²) in [5.74, 6) is 0. The quantitative estimate of drug-likeness (QED) is 0.188. The third-order valence-electron chi connectivity index (χ3n) is 9.31. The number of aromatic nitrogens is 2. The van der Waals surface area contributed by atoms with Crippen molar-refractivity contribution >= 4 is 27.4 Å². The maximum Gasteiger partial charge on any atom is 0.0541 e. The fourth-order valence-electron chi connectivity index (χ4n) is 6.86. The van der Waals surface area contributed by atoms with Crippen LogP contribution in [0.5, 0.6) is 0 Å². The lowest BCUT2D eigenvalue weighted by atomic mass is 9.87. The molecule has 1 aliphatic carbocycles. The number of nitrogens with zero attached hydrogens (tertiary/aromatic N) is 2. The van der Waals surface area contributed by atoms with Gasteiger partial charge < -0.3 is 9.13 Å². The Morgan fingerprint density at radius 1 is 0.500 bits per heavy atom. The molecule has 0 radical (unpaired) electrons. The zero-order valence-electron chi connectivity index (χ0n) is 26.7. The third kappa shape index (κ3) is 5.01. The molecule has 1 aliphatic rings. The van der Waals surface area contributed by atoms with Crippen molar-refractivity contribution in [3.63, 3.8) is 0 Å². The molecule has 2 heteroatoms. The van der Waals surface area contributed by atoms with Gasteiger partial charge in [0.25, 0.3) is 0 Å². The van der Waals surface area contributed by atoms with Gasteiger partial charge in [-0.05, 0) is 101 Å². The Bertz CT molecular complexity index is 2250. The Labute approximate surface area is 271 Å². The highest BCUT2D eigenvalue weighted by atomic mass is 15.0. The van der Waals surface area contributed by atoms with Gasteiger partial charge in [0, 0.05) is 22.1 Å². The van der Waals surface area contributed by atoms with E-state index < -0.39 is 0 Å². The first-order valence-electron chi connectivity index (χ1n) is 16.3. The fraction of sp³-hybridized carbons (Fsp3) is 0.136. The molecule has 0 saturated carbocycles. The van der Waals surface area contributed by atoms with Gasteiger partial charge in [0.05, 0.1) is 22.4 Å². The van der Waals surface area contributed by atoms with Crippen LogP contribution in [0, 0.1) is 0 Å². The van der Waals surface area contributed by atoms with E-state index in [4.69, 9.17) is 0 Å². The number of para-hydroxylation sites is 1. The molecule has 2 aromatic heterocycles. The van der Waals surface area contributed by atoms with Gasteiger partial charge in [-0.2, -0.15) is 0 Å². The number of rotatable bonds is 5. The van der Waals surface area contributed by atoms with Crippen molar-refractivity contribution in [1.29, 1.82) is 0 Å². The molecule has 2 nitrogen and oxygen atoms in total. The van der Waals surface area contributed by atoms with Crippen LogP contribution >= 0.6 is 0 Å². The molecule has 5 aromatic carbocycles. The molecule has 0 atom stereocenters. The van der Waals surface area contributed by atoms with Gasteiger partial charge in [0.15, 0.2) is 0 Å². The number of benzene rings is 5. The van der Waals surface area contributed by atoms with E-state index in [0.717, 1.165) is 12.8 Å². The molecule has 0 aliphatic heterocycles. The molecule has 0 spiro atoms. The fourth-order valence-corrected chi connectivity index (χ4v) is 6.86. The molecule has 0 amide bonds. The number of allylic oxidation sites excluding steroid dienone is 4. The third-order valence-corrected chi connectivity index (χ3v) is 9.31. The number of hydrogen-bond acceptors (Lipinski definition) is 0. The SMILES string of the molecule is CC(C)(C)c1ccc(-n2c(-c3ccccc3)cc3ccc(-c4ccc5c(c4)cc(C4=CCCC=C4)n5-c4ccccc4)cc32)cc1. The van der Waals surface area contributed by atoms with Crippen LogP contribution in [0.2, 0.25) is 0 Å². The Kier molecular flexibility index (Phi) is 6.87. The molecular formula is C44H38N2. The molecule has 0 unspecified atom stereocenters. The largest absolute Gasteiger partial charge is 0.309 e. The van der Waals surface area contributed by atoms with E-state index in [-0.39, 0.29) is 5.41 Å². The van der Waals surface area contributed by atoms with E-state index in [2.05, 4.69) is 182 Å². The minimum Gasteiger partial charge on any atom is -0.309 e. The van der Waals surface area contributed by atoms with Crippen molar-refractivity contribution in [2.24, 2.45) is 0 Å². The molecule has 224 valence electrons. The van der Waals surface area contributed by atoms with Crippen LogP contribution in [0.25, 0.3) is 61.1 Å². The first kappa shape index (κ1) is 28.2. The summed E-state index contributed by atoms with van der Waals surface area (Å²) in [6.07, 6.45) is 9.12. The van der Waals surface area contributed by atoms with E-state index >= 15 is 0 Å². The molecule has 0 bridgehead atoms. The summed E-state index contributed by atoms with van der Waals surface area (Å²) in [5.41, 5.74) is 13.6. The second kappa shape index (κ2) is 11.2. The summed E-state index contributed by atoms with van der Waals surface area (Å²) in [5, 5.41) is 2.48. The molecule has 8 rings (SSSR count). The maximum absolute atomic E-state index is 2.42. The Morgan fingerprint density at radius 2 is 1.15 bits per heavy atom. The van der Waals surface area contributed by atoms with Crippen molar-refractivity contribution in [3.8, 4) is 33.8 Å². The van der Waals surface area contributed by atoms with Gasteiger partial charge in [-0.3, -0.25) is 0 Å². The van der Waals surface area contributed by atoms with E-state index in [0.29, 0.717) is 0 Å².